The van der Waals surface area contributed by atoms with Gasteiger partial charge in [-0.2, -0.15) is 0 Å². The van der Waals surface area contributed by atoms with Crippen LogP contribution >= 0.6 is 0 Å². The standard InChI is InChI=1S/C15H17N3O/c1-2-11-6-5-7-12(10-11)17-15(19)18-14-9-4-3-8-13(14)16/h3-10H,2,16H2,1H3,(H2,17,18,19). The number of rotatable bonds is 3. The molecule has 2 amide bonds. The number of aryl methyl sites for hydroxylation is 1. The summed E-state index contributed by atoms with van der Waals surface area (Å²) in [5, 5.41) is 5.51. The molecule has 0 heterocycles. The molecule has 2 aromatic carbocycles. The second-order valence-corrected chi connectivity index (χ2v) is 4.22. The third kappa shape index (κ3) is 3.48. The number of hydrogen-bond donors (Lipinski definition) is 3. The van der Waals surface area contributed by atoms with Gasteiger partial charge in [0.05, 0.1) is 11.4 Å². The number of hydrogen-bond acceptors (Lipinski definition) is 2. The lowest BCUT2D eigenvalue weighted by Crippen LogP contribution is -2.20. The molecule has 0 saturated heterocycles. The number of nitrogens with one attached hydrogen (secondary N) is 2. The third-order valence-corrected chi connectivity index (χ3v) is 2.80. The summed E-state index contributed by atoms with van der Waals surface area (Å²) in [5.41, 5.74) is 8.86. The highest BCUT2D eigenvalue weighted by Crippen LogP contribution is 2.17. The van der Waals surface area contributed by atoms with Gasteiger partial charge in [0, 0.05) is 5.69 Å². The summed E-state index contributed by atoms with van der Waals surface area (Å²) in [6.45, 7) is 2.07. The minimum Gasteiger partial charge on any atom is -0.397 e. The van der Waals surface area contributed by atoms with Gasteiger partial charge in [0.2, 0.25) is 0 Å². The number of para-hydroxylation sites is 2. The molecule has 19 heavy (non-hydrogen) atoms. The lowest BCUT2D eigenvalue weighted by Gasteiger charge is -2.10. The molecule has 4 N–H and O–H groups in total. The van der Waals surface area contributed by atoms with E-state index in [0.29, 0.717) is 11.4 Å². The van der Waals surface area contributed by atoms with Crippen molar-refractivity contribution < 1.29 is 4.79 Å². The normalized spacial score (nSPS) is 9.95. The molecule has 0 fully saturated rings. The van der Waals surface area contributed by atoms with Crippen LogP contribution in [0.5, 0.6) is 0 Å². The molecule has 4 heteroatoms. The number of amides is 2. The molecule has 0 aromatic heterocycles. The Morgan fingerprint density at radius 3 is 2.63 bits per heavy atom. The van der Waals surface area contributed by atoms with E-state index in [4.69, 9.17) is 5.73 Å². The molecule has 0 unspecified atom stereocenters. The Morgan fingerprint density at radius 2 is 1.89 bits per heavy atom. The number of carbonyl (C=O) groups is 1. The predicted octanol–water partition coefficient (Wildman–Crippen LogP) is 3.48. The minimum absolute atomic E-state index is 0.300. The topological polar surface area (TPSA) is 67.2 Å². The number of nitrogen functional groups attached to an aromatic ring is 1. The Labute approximate surface area is 112 Å². The van der Waals surface area contributed by atoms with E-state index >= 15 is 0 Å². The van der Waals surface area contributed by atoms with Crippen molar-refractivity contribution in [3.63, 3.8) is 0 Å². The monoisotopic (exact) mass is 255 g/mol. The molecule has 0 aliphatic carbocycles. The molecule has 2 aromatic rings. The lowest BCUT2D eigenvalue weighted by molar-refractivity contribution is 0.262. The highest BCUT2D eigenvalue weighted by molar-refractivity contribution is 6.01. The van der Waals surface area contributed by atoms with E-state index in [1.54, 1.807) is 12.1 Å². The predicted molar refractivity (Wildman–Crippen MR) is 79.3 cm³/mol. The van der Waals surface area contributed by atoms with Crippen LogP contribution in [-0.2, 0) is 6.42 Å². The van der Waals surface area contributed by atoms with Crippen molar-refractivity contribution in [2.45, 2.75) is 13.3 Å². The SMILES string of the molecule is CCc1cccc(NC(=O)Nc2ccccc2N)c1. The van der Waals surface area contributed by atoms with E-state index in [9.17, 15) is 4.79 Å². The zero-order chi connectivity index (χ0) is 13.7. The van der Waals surface area contributed by atoms with E-state index in [0.717, 1.165) is 12.1 Å². The van der Waals surface area contributed by atoms with E-state index in [1.165, 1.54) is 5.56 Å². The molecule has 98 valence electrons. The molecule has 0 radical (unpaired) electrons. The maximum Gasteiger partial charge on any atom is 0.323 e. The zero-order valence-electron chi connectivity index (χ0n) is 10.8. The number of anilines is 3. The maximum atomic E-state index is 11.9. The van der Waals surface area contributed by atoms with Gasteiger partial charge in [-0.25, -0.2) is 4.79 Å². The third-order valence-electron chi connectivity index (χ3n) is 2.80. The fourth-order valence-electron chi connectivity index (χ4n) is 1.76. The van der Waals surface area contributed by atoms with Crippen LogP contribution in [0.25, 0.3) is 0 Å². The molecule has 2 rings (SSSR count). The molecule has 4 nitrogen and oxygen atoms in total. The van der Waals surface area contributed by atoms with Crippen LogP contribution in [-0.4, -0.2) is 6.03 Å². The second-order valence-electron chi connectivity index (χ2n) is 4.22. The van der Waals surface area contributed by atoms with Gasteiger partial charge in [-0.3, -0.25) is 0 Å². The number of carbonyl (C=O) groups excluding carboxylic acids is 1. The maximum absolute atomic E-state index is 11.9. The van der Waals surface area contributed by atoms with Crippen molar-refractivity contribution in [1.29, 1.82) is 0 Å². The average Bonchev–Trinajstić information content (AvgIpc) is 2.41. The summed E-state index contributed by atoms with van der Waals surface area (Å²) in [5.74, 6) is 0. The quantitative estimate of drug-likeness (QED) is 0.735. The first-order chi connectivity index (χ1) is 9.19. The summed E-state index contributed by atoms with van der Waals surface area (Å²) in [4.78, 5) is 11.9. The van der Waals surface area contributed by atoms with Gasteiger partial charge >= 0.3 is 6.03 Å². The fourth-order valence-corrected chi connectivity index (χ4v) is 1.76. The molecule has 0 bridgehead atoms. The van der Waals surface area contributed by atoms with Crippen LogP contribution in [0.1, 0.15) is 12.5 Å². The van der Waals surface area contributed by atoms with Gasteiger partial charge in [0.15, 0.2) is 0 Å². The van der Waals surface area contributed by atoms with Gasteiger partial charge in [0.1, 0.15) is 0 Å². The van der Waals surface area contributed by atoms with Crippen molar-refractivity contribution in [1.82, 2.24) is 0 Å². The van der Waals surface area contributed by atoms with Crippen LogP contribution in [0.3, 0.4) is 0 Å². The Kier molecular flexibility index (Phi) is 4.03. The Balaban J connectivity index is 2.03. The molecular formula is C15H17N3O. The van der Waals surface area contributed by atoms with Gasteiger partial charge in [-0.15, -0.1) is 0 Å². The highest BCUT2D eigenvalue weighted by Gasteiger charge is 2.04. The zero-order valence-corrected chi connectivity index (χ0v) is 10.8. The first kappa shape index (κ1) is 13.0. The lowest BCUT2D eigenvalue weighted by atomic mass is 10.1. The number of nitrogens with two attached hydrogens (primary N) is 1. The summed E-state index contributed by atoms with van der Waals surface area (Å²) in [6, 6.07) is 14.6. The van der Waals surface area contributed by atoms with Gasteiger partial charge in [-0.05, 0) is 36.2 Å². The fraction of sp³-hybridized carbons (Fsp3) is 0.133. The van der Waals surface area contributed by atoms with E-state index in [2.05, 4.69) is 17.6 Å². The molecule has 0 saturated carbocycles. The van der Waals surface area contributed by atoms with Crippen molar-refractivity contribution in [3.05, 3.63) is 54.1 Å². The van der Waals surface area contributed by atoms with Crippen LogP contribution in [0.4, 0.5) is 21.9 Å². The van der Waals surface area contributed by atoms with E-state index < -0.39 is 0 Å². The van der Waals surface area contributed by atoms with Gasteiger partial charge in [0.25, 0.3) is 0 Å². The first-order valence-corrected chi connectivity index (χ1v) is 6.20. The molecule has 0 aliphatic rings. The minimum atomic E-state index is -0.300. The van der Waals surface area contributed by atoms with Crippen molar-refractivity contribution >= 4 is 23.1 Å². The average molecular weight is 255 g/mol. The van der Waals surface area contributed by atoms with Crippen LogP contribution in [0, 0.1) is 0 Å². The van der Waals surface area contributed by atoms with Gasteiger partial charge in [-0.1, -0.05) is 31.2 Å². The molecule has 0 spiro atoms. The second kappa shape index (κ2) is 5.91. The molecular weight excluding hydrogens is 238 g/mol. The number of urea groups is 1. The molecule has 0 atom stereocenters. The van der Waals surface area contributed by atoms with Crippen LogP contribution < -0.4 is 16.4 Å². The van der Waals surface area contributed by atoms with Gasteiger partial charge < -0.3 is 16.4 Å². The van der Waals surface area contributed by atoms with E-state index in [1.807, 2.05) is 36.4 Å². The smallest absolute Gasteiger partial charge is 0.323 e. The first-order valence-electron chi connectivity index (χ1n) is 6.20. The summed E-state index contributed by atoms with van der Waals surface area (Å²) >= 11 is 0. The largest absolute Gasteiger partial charge is 0.397 e. The Bertz CT molecular complexity index is 581. The van der Waals surface area contributed by atoms with Crippen molar-refractivity contribution in [2.75, 3.05) is 16.4 Å². The summed E-state index contributed by atoms with van der Waals surface area (Å²) in [6.07, 6.45) is 0.933. The Morgan fingerprint density at radius 1 is 1.11 bits per heavy atom. The van der Waals surface area contributed by atoms with Crippen LogP contribution in [0.2, 0.25) is 0 Å². The Hall–Kier alpha value is -2.49. The van der Waals surface area contributed by atoms with Crippen LogP contribution in [0.15, 0.2) is 48.5 Å². The van der Waals surface area contributed by atoms with E-state index in [-0.39, 0.29) is 6.03 Å². The number of benzene rings is 2. The summed E-state index contributed by atoms with van der Waals surface area (Å²) in [7, 11) is 0. The molecule has 0 aliphatic heterocycles. The van der Waals surface area contributed by atoms with Crippen molar-refractivity contribution in [2.24, 2.45) is 0 Å². The van der Waals surface area contributed by atoms with Crippen molar-refractivity contribution in [3.8, 4) is 0 Å². The summed E-state index contributed by atoms with van der Waals surface area (Å²) < 4.78 is 0. The highest BCUT2D eigenvalue weighted by atomic mass is 16.2.